The second-order valence-corrected chi connectivity index (χ2v) is 30.6. The van der Waals surface area contributed by atoms with Crippen LogP contribution in [0.2, 0.25) is 0 Å². The minimum absolute atomic E-state index is 0.176. The maximum absolute atomic E-state index is 13.6. The van der Waals surface area contributed by atoms with Crippen molar-refractivity contribution in [3.63, 3.8) is 0 Å². The van der Waals surface area contributed by atoms with E-state index in [2.05, 4.69) is 24.5 Å². The molecule has 34 heteroatoms. The summed E-state index contributed by atoms with van der Waals surface area (Å²) in [6.45, 7) is 1.29. The number of carbonyl (C=O) groups excluding carboxylic acids is 2. The molecule has 6 fully saturated rings. The van der Waals surface area contributed by atoms with Gasteiger partial charge in [-0.15, -0.1) is 0 Å². The summed E-state index contributed by atoms with van der Waals surface area (Å²) in [5.74, 6) is -1.23. The summed E-state index contributed by atoms with van der Waals surface area (Å²) in [5.41, 5.74) is 0. The average molecular weight is 1590 g/mol. The molecule has 12 unspecified atom stereocenters. The van der Waals surface area contributed by atoms with Crippen LogP contribution in [0.5, 0.6) is 0 Å². The molecule has 32 atom stereocenters. The van der Waals surface area contributed by atoms with Crippen molar-refractivity contribution in [3.05, 3.63) is 12.2 Å². The van der Waals surface area contributed by atoms with Gasteiger partial charge in [-0.2, -0.15) is 0 Å². The minimum Gasteiger partial charge on any atom is -0.394 e. The highest BCUT2D eigenvalue weighted by atomic mass is 16.8. The molecule has 34 nitrogen and oxygen atoms in total. The summed E-state index contributed by atoms with van der Waals surface area (Å²) >= 11 is 0. The van der Waals surface area contributed by atoms with Crippen molar-refractivity contribution in [2.45, 2.75) is 417 Å². The predicted molar refractivity (Wildman–Crippen MR) is 390 cm³/mol. The number of aliphatic hydroxyl groups excluding tert-OH is 18. The molecule has 6 aliphatic heterocycles. The van der Waals surface area contributed by atoms with Crippen LogP contribution < -0.4 is 10.6 Å². The van der Waals surface area contributed by atoms with Gasteiger partial charge in [-0.25, -0.2) is 0 Å². The fraction of sp³-hybridized carbons (Fsp3) is 0.947. The van der Waals surface area contributed by atoms with Gasteiger partial charge >= 0.3 is 0 Å². The first-order valence-electron chi connectivity index (χ1n) is 40.8. The molecule has 6 heterocycles. The van der Waals surface area contributed by atoms with Crippen LogP contribution in [0.4, 0.5) is 0 Å². The number of carbonyl (C=O) groups is 2. The first kappa shape index (κ1) is 96.3. The lowest BCUT2D eigenvalue weighted by Gasteiger charge is -2.51. The Balaban J connectivity index is 1.11. The second kappa shape index (κ2) is 51.6. The fourth-order valence-corrected chi connectivity index (χ4v) is 15.0. The Morgan fingerprint density at radius 3 is 1.19 bits per heavy atom. The molecular weight excluding hydrogens is 1450 g/mol. The first-order valence-corrected chi connectivity index (χ1v) is 40.8. The van der Waals surface area contributed by atoms with Crippen molar-refractivity contribution in [1.82, 2.24) is 10.6 Å². The molecule has 6 aliphatic rings. The molecule has 20 N–H and O–H groups in total. The van der Waals surface area contributed by atoms with E-state index in [-0.39, 0.29) is 12.3 Å². The molecular formula is C76H138N2O32. The third kappa shape index (κ3) is 29.2. The molecule has 0 radical (unpaired) electrons. The summed E-state index contributed by atoms with van der Waals surface area (Å²) in [6.07, 6.45) is -19.8. The molecule has 6 rings (SSSR count). The van der Waals surface area contributed by atoms with Crippen molar-refractivity contribution in [3.8, 4) is 0 Å². The Bertz CT molecular complexity index is 2490. The Hall–Kier alpha value is -2.52. The van der Waals surface area contributed by atoms with Gasteiger partial charge in [0.2, 0.25) is 11.8 Å². The van der Waals surface area contributed by atoms with E-state index in [1.807, 2.05) is 6.08 Å². The van der Waals surface area contributed by atoms with E-state index in [4.69, 9.17) is 56.8 Å². The number of amides is 2. The van der Waals surface area contributed by atoms with E-state index in [0.29, 0.717) is 12.8 Å². The van der Waals surface area contributed by atoms with E-state index in [1.54, 1.807) is 6.08 Å². The first-order chi connectivity index (χ1) is 52.9. The van der Waals surface area contributed by atoms with Gasteiger partial charge in [-0.3, -0.25) is 9.59 Å². The van der Waals surface area contributed by atoms with Crippen LogP contribution in [-0.4, -0.2) is 340 Å². The summed E-state index contributed by atoms with van der Waals surface area (Å²) < 4.78 is 71.4. The highest BCUT2D eigenvalue weighted by Crippen LogP contribution is 2.39. The van der Waals surface area contributed by atoms with Crippen molar-refractivity contribution < 1.29 is 158 Å². The number of aliphatic hydroxyl groups is 18. The van der Waals surface area contributed by atoms with E-state index in [0.717, 1.165) is 58.3 Å². The van der Waals surface area contributed by atoms with Gasteiger partial charge in [0.25, 0.3) is 0 Å². The molecule has 0 aromatic rings. The molecule has 110 heavy (non-hydrogen) atoms. The number of nitrogens with one attached hydrogen (secondary N) is 2. The lowest BCUT2D eigenvalue weighted by molar-refractivity contribution is -0.396. The quantitative estimate of drug-likeness (QED) is 0.0263. The fourth-order valence-electron chi connectivity index (χ4n) is 15.0. The maximum Gasteiger partial charge on any atom is 0.220 e. The molecule has 0 bridgehead atoms. The zero-order valence-electron chi connectivity index (χ0n) is 64.9. The van der Waals surface area contributed by atoms with Crippen LogP contribution in [0.15, 0.2) is 12.2 Å². The normalized spacial score (nSPS) is 37.7. The Morgan fingerprint density at radius 2 is 0.727 bits per heavy atom. The topological polar surface area (TPSA) is 533 Å². The number of hydrogen-bond acceptors (Lipinski definition) is 32. The number of ether oxygens (including phenoxy) is 12. The number of allylic oxidation sites excluding steroid dienone is 1. The predicted octanol–water partition coefficient (Wildman–Crippen LogP) is -0.760. The highest BCUT2D eigenvalue weighted by Gasteiger charge is 2.59. The molecule has 0 aromatic heterocycles. The van der Waals surface area contributed by atoms with Crippen LogP contribution in [-0.2, 0) is 66.4 Å². The van der Waals surface area contributed by atoms with Crippen molar-refractivity contribution in [2.75, 3.05) is 39.6 Å². The van der Waals surface area contributed by atoms with Crippen molar-refractivity contribution >= 4 is 11.8 Å². The maximum atomic E-state index is 13.6. The van der Waals surface area contributed by atoms with E-state index >= 15 is 0 Å². The van der Waals surface area contributed by atoms with Crippen molar-refractivity contribution in [1.29, 1.82) is 0 Å². The highest BCUT2D eigenvalue weighted by molar-refractivity contribution is 5.76. The second-order valence-electron chi connectivity index (χ2n) is 30.6. The zero-order valence-corrected chi connectivity index (χ0v) is 64.9. The van der Waals surface area contributed by atoms with Crippen LogP contribution in [0.3, 0.4) is 0 Å². The molecule has 0 aromatic carbocycles. The third-order valence-corrected chi connectivity index (χ3v) is 21.8. The summed E-state index contributed by atoms with van der Waals surface area (Å²) in [6, 6.07) is -2.91. The summed E-state index contributed by atoms with van der Waals surface area (Å²) in [7, 11) is 0. The van der Waals surface area contributed by atoms with Gasteiger partial charge in [0, 0.05) is 13.3 Å². The standard InChI is InChI=1S/C76H138N2O32/c1-5-7-9-11-13-15-17-19-20-21-22-24-26-28-30-32-34-36-52(86)78-45(46(85)35-33-31-29-27-25-23-18-16-14-12-10-8-6-2)42-99-72-63(96)60(93)66(50(40-82)105-72)106-75-65(98)70(57(90)49(39-81)102-75)110-76-64(97)69(56(89)48(38-80)103-76)109-71-53(77-44(4)84)68(108-73-61(94)58(91)54(87)43(3)100-73)67(51(41-83)104-71)107-74-62(95)59(92)55(88)47(37-79)101-74/h33,35,43,45-51,53-76,79-83,85,87-98H,5-32,34,36-42H2,1-4H3,(H,77,84)(H,78,86)/b35-33+/t43?,45-,46+,47?,48?,49?,50?,51?,53?,54+,55-,56-,57-,58?,59-,60+,61-,62?,63?,64?,65?,66+,67+,68+,69-,70-,71-,72+,73+,74-,75-,76+/m0/s1. The van der Waals surface area contributed by atoms with Crippen LogP contribution in [0.1, 0.15) is 220 Å². The monoisotopic (exact) mass is 1590 g/mol. The Kier molecular flexibility index (Phi) is 45.2. The van der Waals surface area contributed by atoms with Crippen LogP contribution >= 0.6 is 0 Å². The lowest BCUT2D eigenvalue weighted by atomic mass is 9.93. The number of rotatable bonds is 52. The van der Waals surface area contributed by atoms with Crippen molar-refractivity contribution in [2.24, 2.45) is 0 Å². The SMILES string of the molecule is CCCCCCCCCCCCC/C=C/[C@@H](O)[C@H](CO[C@@H]1OC(CO)[C@@H](O[C@@H]2OC(CO)[C@H](O)[C@H](O[C@H]3OC(CO)[C@H](O)[C@H](O[C@@H]4OC(CO)[C@@H](O[C@@H]5OC(CO)[C@H](O)[C@H](O)C5O)[C@H](O[C@H]5OC(C)[C@@H](O)C(O)[C@@H]5O)C4NC(C)=O)C3O)C2O)[C@H](O)C1O)NC(=O)CCCCCCCCCCCCCCCCCCC. The van der Waals surface area contributed by atoms with Crippen LogP contribution in [0.25, 0.3) is 0 Å². The zero-order chi connectivity index (χ0) is 80.4. The van der Waals surface area contributed by atoms with E-state index < -0.39 is 242 Å². The van der Waals surface area contributed by atoms with Gasteiger partial charge in [0.1, 0.15) is 140 Å². The Morgan fingerprint density at radius 1 is 0.373 bits per heavy atom. The van der Waals surface area contributed by atoms with E-state index in [9.17, 15) is 102 Å². The Labute approximate surface area is 646 Å². The molecule has 0 aliphatic carbocycles. The van der Waals surface area contributed by atoms with Gasteiger partial charge in [0.15, 0.2) is 37.7 Å². The van der Waals surface area contributed by atoms with Crippen LogP contribution in [0, 0.1) is 0 Å². The van der Waals surface area contributed by atoms with Gasteiger partial charge in [-0.05, 0) is 26.2 Å². The molecule has 644 valence electrons. The van der Waals surface area contributed by atoms with Gasteiger partial charge < -0.3 is 159 Å². The third-order valence-electron chi connectivity index (χ3n) is 21.8. The van der Waals surface area contributed by atoms with E-state index in [1.165, 1.54) is 129 Å². The average Bonchev–Trinajstić information content (AvgIpc) is 0.763. The minimum atomic E-state index is -2.31. The number of hydrogen-bond donors (Lipinski definition) is 20. The number of unbranched alkanes of at least 4 members (excludes halogenated alkanes) is 27. The molecule has 0 saturated carbocycles. The van der Waals surface area contributed by atoms with Gasteiger partial charge in [0.05, 0.1) is 57.9 Å². The molecule has 0 spiro atoms. The van der Waals surface area contributed by atoms with Gasteiger partial charge in [-0.1, -0.05) is 193 Å². The molecule has 6 saturated heterocycles. The lowest BCUT2D eigenvalue weighted by Crippen LogP contribution is -2.71. The largest absolute Gasteiger partial charge is 0.394 e. The smallest absolute Gasteiger partial charge is 0.220 e. The summed E-state index contributed by atoms with van der Waals surface area (Å²) in [4.78, 5) is 26.7. The summed E-state index contributed by atoms with van der Waals surface area (Å²) in [5, 5.41) is 205. The molecule has 2 amide bonds.